The number of piperazine rings is 1. The Hall–Kier alpha value is -4.05. The average molecular weight is 454 g/mol. The minimum Gasteiger partial charge on any atom is -0.492 e. The first-order chi connectivity index (χ1) is 16.5. The van der Waals surface area contributed by atoms with Crippen LogP contribution < -0.4 is 9.80 Å². The normalized spacial score (nSPS) is 15.7. The van der Waals surface area contributed by atoms with Crippen LogP contribution in [0.3, 0.4) is 0 Å². The average Bonchev–Trinajstić information content (AvgIpc) is 2.87. The van der Waals surface area contributed by atoms with Gasteiger partial charge in [0.1, 0.15) is 11.6 Å². The Labute approximate surface area is 199 Å². The smallest absolute Gasteiger partial charge is 0.246 e. The maximum Gasteiger partial charge on any atom is 0.246 e. The van der Waals surface area contributed by atoms with E-state index < -0.39 is 0 Å². The molecule has 3 heterocycles. The highest BCUT2D eigenvalue weighted by Crippen LogP contribution is 2.38. The van der Waals surface area contributed by atoms with Crippen LogP contribution in [0.2, 0.25) is 0 Å². The third-order valence-electron chi connectivity index (χ3n) is 6.93. The Morgan fingerprint density at radius 1 is 1.12 bits per heavy atom. The number of carbonyl (C=O) groups excluding carboxylic acids is 1. The highest BCUT2D eigenvalue weighted by atomic mass is 16.3. The molecule has 34 heavy (non-hydrogen) atoms. The topological polar surface area (TPSA) is 83.7 Å². The summed E-state index contributed by atoms with van der Waals surface area (Å²) in [5.74, 6) is -0.308. The van der Waals surface area contributed by atoms with Gasteiger partial charge in [0, 0.05) is 49.4 Å². The van der Waals surface area contributed by atoms with E-state index in [0.717, 1.165) is 35.6 Å². The number of aromatic hydroxyl groups is 1. The van der Waals surface area contributed by atoms with Crippen LogP contribution in [-0.4, -0.2) is 53.6 Å². The number of nitrogens with zero attached hydrogens (tertiary/aromatic N) is 5. The number of aromatic nitrogens is 1. The summed E-state index contributed by atoms with van der Waals surface area (Å²) in [6.45, 7) is 9.34. The van der Waals surface area contributed by atoms with Crippen molar-refractivity contribution in [2.24, 2.45) is 0 Å². The van der Waals surface area contributed by atoms with Gasteiger partial charge in [-0.3, -0.25) is 4.79 Å². The lowest BCUT2D eigenvalue weighted by Gasteiger charge is -2.39. The van der Waals surface area contributed by atoms with Gasteiger partial charge in [0.15, 0.2) is 0 Å². The van der Waals surface area contributed by atoms with Crippen molar-refractivity contribution < 1.29 is 9.90 Å². The van der Waals surface area contributed by atoms with Crippen molar-refractivity contribution >= 4 is 28.1 Å². The maximum absolute atomic E-state index is 12.0. The number of hydrogen-bond donors (Lipinski definition) is 1. The first-order valence-corrected chi connectivity index (χ1v) is 11.6. The Morgan fingerprint density at radius 2 is 1.85 bits per heavy atom. The van der Waals surface area contributed by atoms with Crippen LogP contribution in [-0.2, 0) is 17.8 Å². The van der Waals surface area contributed by atoms with E-state index in [9.17, 15) is 15.2 Å². The molecule has 0 spiro atoms. The van der Waals surface area contributed by atoms with E-state index in [1.807, 2.05) is 0 Å². The van der Waals surface area contributed by atoms with Gasteiger partial charge in [-0.1, -0.05) is 36.9 Å². The number of benzene rings is 2. The Kier molecular flexibility index (Phi) is 5.58. The zero-order chi connectivity index (χ0) is 23.8. The van der Waals surface area contributed by atoms with Gasteiger partial charge in [-0.2, -0.15) is 5.26 Å². The Bertz CT molecular complexity index is 1330. The van der Waals surface area contributed by atoms with Gasteiger partial charge in [-0.05, 0) is 36.4 Å². The second-order valence-electron chi connectivity index (χ2n) is 8.83. The molecule has 0 saturated carbocycles. The Morgan fingerprint density at radius 3 is 2.56 bits per heavy atom. The second kappa shape index (κ2) is 8.71. The van der Waals surface area contributed by atoms with E-state index in [4.69, 9.17) is 0 Å². The molecule has 1 aromatic heterocycles. The number of anilines is 2. The van der Waals surface area contributed by atoms with Gasteiger partial charge in [-0.25, -0.2) is 4.98 Å². The quantitative estimate of drug-likeness (QED) is 0.611. The van der Waals surface area contributed by atoms with Gasteiger partial charge in [0.25, 0.3) is 0 Å². The molecule has 2 aliphatic rings. The van der Waals surface area contributed by atoms with E-state index in [0.29, 0.717) is 32.7 Å². The van der Waals surface area contributed by atoms with Crippen LogP contribution >= 0.6 is 0 Å². The van der Waals surface area contributed by atoms with E-state index in [1.54, 1.807) is 4.90 Å². The summed E-state index contributed by atoms with van der Waals surface area (Å²) in [6, 6.07) is 14.8. The highest BCUT2D eigenvalue weighted by Gasteiger charge is 2.30. The molecule has 0 aliphatic carbocycles. The third-order valence-corrected chi connectivity index (χ3v) is 6.93. The van der Waals surface area contributed by atoms with E-state index in [1.165, 1.54) is 22.4 Å². The van der Waals surface area contributed by atoms with Crippen molar-refractivity contribution in [3.63, 3.8) is 0 Å². The fourth-order valence-corrected chi connectivity index (χ4v) is 5.25. The zero-order valence-corrected chi connectivity index (χ0v) is 19.3. The van der Waals surface area contributed by atoms with Gasteiger partial charge < -0.3 is 19.8 Å². The molecule has 1 amide bonds. The van der Waals surface area contributed by atoms with Gasteiger partial charge in [-0.15, -0.1) is 0 Å². The number of amides is 1. The number of pyridine rings is 1. The molecule has 0 radical (unpaired) electrons. The van der Waals surface area contributed by atoms with Crippen molar-refractivity contribution in [3.05, 3.63) is 71.4 Å². The fraction of sp³-hybridized carbons (Fsp3) is 0.296. The highest BCUT2D eigenvalue weighted by molar-refractivity contribution is 5.97. The molecule has 7 heteroatoms. The summed E-state index contributed by atoms with van der Waals surface area (Å²) >= 11 is 0. The van der Waals surface area contributed by atoms with Crippen LogP contribution in [0, 0.1) is 18.3 Å². The lowest BCUT2D eigenvalue weighted by Crippen LogP contribution is -2.49. The molecule has 1 N–H and O–H groups in total. The van der Waals surface area contributed by atoms with Crippen molar-refractivity contribution in [2.45, 2.75) is 19.9 Å². The van der Waals surface area contributed by atoms with Crippen molar-refractivity contribution in [1.82, 2.24) is 9.88 Å². The third kappa shape index (κ3) is 3.61. The summed E-state index contributed by atoms with van der Waals surface area (Å²) in [6.07, 6.45) is 2.06. The van der Waals surface area contributed by atoms with Crippen LogP contribution in [0.4, 0.5) is 11.4 Å². The number of fused-ring (bicyclic) bond motifs is 2. The molecule has 7 nitrogen and oxygen atoms in total. The fourth-order valence-electron chi connectivity index (χ4n) is 5.25. The summed E-state index contributed by atoms with van der Waals surface area (Å²) in [4.78, 5) is 22.6. The standard InChI is InChI=1S/C27H27N5O2/c1-3-24(33)30-12-14-31(15-13-30)26-20-10-11-32(17-22(20)29-27(34)21(26)16-28)23-9-5-8-19-7-4-6-18(2)25(19)23/h3-9H,1,10-15,17H2,2H3,(H,29,34). The summed E-state index contributed by atoms with van der Waals surface area (Å²) in [5, 5.41) is 22.9. The summed E-state index contributed by atoms with van der Waals surface area (Å²) < 4.78 is 0. The van der Waals surface area contributed by atoms with Crippen molar-refractivity contribution in [2.75, 3.05) is 42.5 Å². The number of hydrogen-bond acceptors (Lipinski definition) is 6. The van der Waals surface area contributed by atoms with Crippen LogP contribution in [0.5, 0.6) is 5.88 Å². The lowest BCUT2D eigenvalue weighted by atomic mass is 9.96. The van der Waals surface area contributed by atoms with E-state index >= 15 is 0 Å². The molecule has 172 valence electrons. The second-order valence-corrected chi connectivity index (χ2v) is 8.83. The van der Waals surface area contributed by atoms with Crippen LogP contribution in [0.15, 0.2) is 49.1 Å². The molecule has 3 aromatic rings. The molecule has 1 saturated heterocycles. The first-order valence-electron chi connectivity index (χ1n) is 11.6. The van der Waals surface area contributed by atoms with Crippen LogP contribution in [0.25, 0.3) is 10.8 Å². The number of carbonyl (C=O) groups is 1. The molecule has 0 atom stereocenters. The molecule has 2 aromatic carbocycles. The van der Waals surface area contributed by atoms with Gasteiger partial charge >= 0.3 is 0 Å². The van der Waals surface area contributed by atoms with Crippen molar-refractivity contribution in [1.29, 1.82) is 5.26 Å². The number of nitriles is 1. The zero-order valence-electron chi connectivity index (χ0n) is 19.3. The minimum atomic E-state index is -0.225. The molecular weight excluding hydrogens is 426 g/mol. The lowest BCUT2D eigenvalue weighted by molar-refractivity contribution is -0.126. The molecule has 5 rings (SSSR count). The van der Waals surface area contributed by atoms with E-state index in [2.05, 4.69) is 70.8 Å². The molecule has 0 unspecified atom stereocenters. The first kappa shape index (κ1) is 21.8. The van der Waals surface area contributed by atoms with E-state index in [-0.39, 0.29) is 17.4 Å². The summed E-state index contributed by atoms with van der Waals surface area (Å²) in [7, 11) is 0. The molecule has 2 aliphatic heterocycles. The number of aryl methyl sites for hydroxylation is 1. The summed E-state index contributed by atoms with van der Waals surface area (Å²) in [5.41, 5.74) is 5.19. The number of rotatable bonds is 3. The largest absolute Gasteiger partial charge is 0.492 e. The molecular formula is C27H27N5O2. The monoisotopic (exact) mass is 453 g/mol. The van der Waals surface area contributed by atoms with Gasteiger partial charge in [0.2, 0.25) is 11.8 Å². The Balaban J connectivity index is 1.51. The van der Waals surface area contributed by atoms with Gasteiger partial charge in [0.05, 0.1) is 17.9 Å². The molecule has 1 fully saturated rings. The maximum atomic E-state index is 12.0. The van der Waals surface area contributed by atoms with Crippen LogP contribution in [0.1, 0.15) is 22.4 Å². The predicted octanol–water partition coefficient (Wildman–Crippen LogP) is 3.52. The van der Waals surface area contributed by atoms with Crippen molar-refractivity contribution in [3.8, 4) is 11.9 Å². The predicted molar refractivity (Wildman–Crippen MR) is 133 cm³/mol. The minimum absolute atomic E-state index is 0.0826. The SMILES string of the molecule is C=CC(=O)N1CCN(c2c(C#N)c(O)nc3c2CCN(c2cccc4cccc(C)c24)C3)CC1. The molecule has 0 bridgehead atoms.